The van der Waals surface area contributed by atoms with Crippen molar-refractivity contribution in [1.82, 2.24) is 15.3 Å². The van der Waals surface area contributed by atoms with E-state index in [2.05, 4.69) is 33.5 Å². The summed E-state index contributed by atoms with van der Waals surface area (Å²) < 4.78 is 0. The third kappa shape index (κ3) is 2.69. The van der Waals surface area contributed by atoms with Crippen molar-refractivity contribution in [2.45, 2.75) is 0 Å². The van der Waals surface area contributed by atoms with Crippen LogP contribution in [0.15, 0.2) is 55.0 Å². The van der Waals surface area contributed by atoms with Gasteiger partial charge in [-0.15, -0.1) is 0 Å². The highest BCUT2D eigenvalue weighted by atomic mass is 16.1. The van der Waals surface area contributed by atoms with Gasteiger partial charge in [-0.25, -0.2) is 0 Å². The first-order chi connectivity index (χ1) is 10.3. The van der Waals surface area contributed by atoms with Crippen molar-refractivity contribution in [3.63, 3.8) is 0 Å². The Labute approximate surface area is 122 Å². The van der Waals surface area contributed by atoms with Crippen molar-refractivity contribution in [3.05, 3.63) is 60.6 Å². The highest BCUT2D eigenvalue weighted by Crippen LogP contribution is 2.26. The van der Waals surface area contributed by atoms with Crippen LogP contribution >= 0.6 is 0 Å². The zero-order valence-corrected chi connectivity index (χ0v) is 11.6. The number of amides is 1. The number of rotatable bonds is 3. The fraction of sp³-hybridized carbons (Fsp3) is 0.0588. The molecule has 0 aliphatic carbocycles. The third-order valence-electron chi connectivity index (χ3n) is 3.38. The van der Waals surface area contributed by atoms with Crippen molar-refractivity contribution in [1.29, 1.82) is 0 Å². The molecule has 0 aliphatic rings. The predicted molar refractivity (Wildman–Crippen MR) is 84.6 cm³/mol. The molecule has 0 aliphatic heterocycles. The standard InChI is InChI=1S/C17H15N3O/c1-18-17(21)5-4-12-6-8-19-11-15(12)14-3-2-13-7-9-20-16(13)10-14/h2-11,20H,1H3,(H,18,21)/b5-4+. The van der Waals surface area contributed by atoms with E-state index >= 15 is 0 Å². The molecule has 0 fully saturated rings. The van der Waals surface area contributed by atoms with Gasteiger partial charge in [-0.2, -0.15) is 0 Å². The minimum absolute atomic E-state index is 0.127. The fourth-order valence-electron chi connectivity index (χ4n) is 2.26. The molecule has 0 radical (unpaired) electrons. The number of likely N-dealkylation sites (N-methyl/N-ethyl adjacent to an activating group) is 1. The van der Waals surface area contributed by atoms with E-state index in [1.807, 2.05) is 24.5 Å². The number of nitrogens with zero attached hydrogens (tertiary/aromatic N) is 1. The lowest BCUT2D eigenvalue weighted by molar-refractivity contribution is -0.115. The molecule has 1 aromatic carbocycles. The summed E-state index contributed by atoms with van der Waals surface area (Å²) in [5.41, 5.74) is 4.10. The quantitative estimate of drug-likeness (QED) is 0.723. The molecular weight excluding hydrogens is 262 g/mol. The number of aromatic amines is 1. The molecule has 1 amide bonds. The largest absolute Gasteiger partial charge is 0.361 e. The fourth-order valence-corrected chi connectivity index (χ4v) is 2.26. The summed E-state index contributed by atoms with van der Waals surface area (Å²) >= 11 is 0. The number of pyridine rings is 1. The van der Waals surface area contributed by atoms with Crippen molar-refractivity contribution >= 4 is 22.9 Å². The molecule has 0 bridgehead atoms. The van der Waals surface area contributed by atoms with Crippen LogP contribution in [0.25, 0.3) is 28.1 Å². The number of carbonyl (C=O) groups is 1. The maximum Gasteiger partial charge on any atom is 0.243 e. The number of benzene rings is 1. The average Bonchev–Trinajstić information content (AvgIpc) is 3.00. The summed E-state index contributed by atoms with van der Waals surface area (Å²) in [7, 11) is 1.61. The summed E-state index contributed by atoms with van der Waals surface area (Å²) in [6.45, 7) is 0. The number of hydrogen-bond acceptors (Lipinski definition) is 2. The van der Waals surface area contributed by atoms with Crippen LogP contribution in [0, 0.1) is 0 Å². The molecule has 0 atom stereocenters. The molecule has 0 unspecified atom stereocenters. The Bertz CT molecular complexity index is 818. The van der Waals surface area contributed by atoms with Gasteiger partial charge in [-0.05, 0) is 40.8 Å². The molecule has 0 saturated carbocycles. The van der Waals surface area contributed by atoms with Crippen molar-refractivity contribution in [2.75, 3.05) is 7.05 Å². The first-order valence-corrected chi connectivity index (χ1v) is 6.69. The molecule has 0 saturated heterocycles. The van der Waals surface area contributed by atoms with Gasteiger partial charge in [0.2, 0.25) is 5.91 Å². The third-order valence-corrected chi connectivity index (χ3v) is 3.38. The Balaban J connectivity index is 2.05. The number of carbonyl (C=O) groups excluding carboxylic acids is 1. The second-order valence-corrected chi connectivity index (χ2v) is 4.69. The summed E-state index contributed by atoms with van der Waals surface area (Å²) in [5.74, 6) is -0.127. The maximum absolute atomic E-state index is 11.4. The average molecular weight is 277 g/mol. The van der Waals surface area contributed by atoms with Crippen LogP contribution in [-0.2, 0) is 4.79 Å². The van der Waals surface area contributed by atoms with Crippen LogP contribution in [-0.4, -0.2) is 22.9 Å². The molecular formula is C17H15N3O. The van der Waals surface area contributed by atoms with E-state index in [0.29, 0.717) is 0 Å². The number of hydrogen-bond donors (Lipinski definition) is 2. The van der Waals surface area contributed by atoms with Gasteiger partial charge in [0.25, 0.3) is 0 Å². The lowest BCUT2D eigenvalue weighted by Gasteiger charge is -2.06. The topological polar surface area (TPSA) is 57.8 Å². The van der Waals surface area contributed by atoms with E-state index in [-0.39, 0.29) is 5.91 Å². The Morgan fingerprint density at radius 3 is 3.05 bits per heavy atom. The molecule has 3 aromatic rings. The van der Waals surface area contributed by atoms with Crippen molar-refractivity contribution < 1.29 is 4.79 Å². The van der Waals surface area contributed by atoms with Crippen LogP contribution in [0.1, 0.15) is 5.56 Å². The molecule has 2 N–H and O–H groups in total. The molecule has 2 heterocycles. The van der Waals surface area contributed by atoms with Crippen LogP contribution < -0.4 is 5.32 Å². The minimum atomic E-state index is -0.127. The van der Waals surface area contributed by atoms with Crippen LogP contribution in [0.2, 0.25) is 0 Å². The number of nitrogens with one attached hydrogen (secondary N) is 2. The first kappa shape index (κ1) is 13.1. The Morgan fingerprint density at radius 2 is 2.19 bits per heavy atom. The smallest absolute Gasteiger partial charge is 0.243 e. The zero-order chi connectivity index (χ0) is 14.7. The predicted octanol–water partition coefficient (Wildman–Crippen LogP) is 2.99. The van der Waals surface area contributed by atoms with Gasteiger partial charge in [-0.1, -0.05) is 12.1 Å². The van der Waals surface area contributed by atoms with Gasteiger partial charge in [0.05, 0.1) is 0 Å². The van der Waals surface area contributed by atoms with E-state index in [1.165, 1.54) is 11.5 Å². The molecule has 104 valence electrons. The first-order valence-electron chi connectivity index (χ1n) is 6.69. The van der Waals surface area contributed by atoms with E-state index in [0.717, 1.165) is 22.2 Å². The van der Waals surface area contributed by atoms with E-state index < -0.39 is 0 Å². The molecule has 4 heteroatoms. The lowest BCUT2D eigenvalue weighted by atomic mass is 10.0. The van der Waals surface area contributed by atoms with E-state index in [4.69, 9.17) is 0 Å². The normalized spacial score (nSPS) is 11.1. The van der Waals surface area contributed by atoms with Gasteiger partial charge < -0.3 is 10.3 Å². The maximum atomic E-state index is 11.4. The number of fused-ring (bicyclic) bond motifs is 1. The molecule has 21 heavy (non-hydrogen) atoms. The van der Waals surface area contributed by atoms with Crippen molar-refractivity contribution in [2.24, 2.45) is 0 Å². The highest BCUT2D eigenvalue weighted by molar-refractivity contribution is 5.93. The lowest BCUT2D eigenvalue weighted by Crippen LogP contribution is -2.13. The Kier molecular flexibility index (Phi) is 3.51. The van der Waals surface area contributed by atoms with Gasteiger partial charge in [-0.3, -0.25) is 9.78 Å². The van der Waals surface area contributed by atoms with Gasteiger partial charge >= 0.3 is 0 Å². The summed E-state index contributed by atoms with van der Waals surface area (Å²) in [4.78, 5) is 18.8. The second-order valence-electron chi connectivity index (χ2n) is 4.69. The van der Waals surface area contributed by atoms with Crippen molar-refractivity contribution in [3.8, 4) is 11.1 Å². The van der Waals surface area contributed by atoms with Crippen LogP contribution in [0.4, 0.5) is 0 Å². The van der Waals surface area contributed by atoms with Crippen LogP contribution in [0.5, 0.6) is 0 Å². The summed E-state index contributed by atoms with van der Waals surface area (Å²) in [6, 6.07) is 10.1. The van der Waals surface area contributed by atoms with Gasteiger partial charge in [0.1, 0.15) is 0 Å². The minimum Gasteiger partial charge on any atom is -0.361 e. The molecule has 3 rings (SSSR count). The Morgan fingerprint density at radius 1 is 1.29 bits per heavy atom. The SMILES string of the molecule is CNC(=O)/C=C/c1ccncc1-c1ccc2cc[nH]c2c1. The summed E-state index contributed by atoms with van der Waals surface area (Å²) in [6.07, 6.45) is 8.78. The number of H-pyrrole nitrogens is 1. The molecule has 2 aromatic heterocycles. The Hall–Kier alpha value is -2.88. The molecule has 0 spiro atoms. The van der Waals surface area contributed by atoms with Gasteiger partial charge in [0, 0.05) is 42.8 Å². The highest BCUT2D eigenvalue weighted by Gasteiger charge is 2.05. The monoisotopic (exact) mass is 277 g/mol. The van der Waals surface area contributed by atoms with E-state index in [9.17, 15) is 4.79 Å². The number of aromatic nitrogens is 2. The van der Waals surface area contributed by atoms with E-state index in [1.54, 1.807) is 19.3 Å². The summed E-state index contributed by atoms with van der Waals surface area (Å²) in [5, 5.41) is 3.74. The van der Waals surface area contributed by atoms with Crippen LogP contribution in [0.3, 0.4) is 0 Å². The zero-order valence-electron chi connectivity index (χ0n) is 11.6. The molecule has 4 nitrogen and oxygen atoms in total. The second kappa shape index (κ2) is 5.63. The van der Waals surface area contributed by atoms with Gasteiger partial charge in [0.15, 0.2) is 0 Å².